The maximum Gasteiger partial charge on any atom is 0.124 e. The Bertz CT molecular complexity index is 419. The Morgan fingerprint density at radius 1 is 1.47 bits per heavy atom. The van der Waals surface area contributed by atoms with Crippen LogP contribution in [0.15, 0.2) is 18.2 Å². The number of hydrogen-bond acceptors (Lipinski definition) is 3. The van der Waals surface area contributed by atoms with Crippen LogP contribution in [-0.2, 0) is 4.74 Å². The Hall–Kier alpha value is -1.06. The van der Waals surface area contributed by atoms with Gasteiger partial charge in [-0.3, -0.25) is 0 Å². The molecule has 1 N–H and O–H groups in total. The first-order chi connectivity index (χ1) is 9.17. The van der Waals surface area contributed by atoms with Crippen LogP contribution in [0.25, 0.3) is 0 Å². The molecule has 1 heterocycles. The third kappa shape index (κ3) is 3.10. The summed E-state index contributed by atoms with van der Waals surface area (Å²) >= 11 is 0. The van der Waals surface area contributed by atoms with Crippen molar-refractivity contribution in [2.45, 2.75) is 39.3 Å². The van der Waals surface area contributed by atoms with Crippen LogP contribution in [0.3, 0.4) is 0 Å². The largest absolute Gasteiger partial charge is 0.494 e. The summed E-state index contributed by atoms with van der Waals surface area (Å²) in [4.78, 5) is 0. The molecule has 3 atom stereocenters. The zero-order valence-electron chi connectivity index (χ0n) is 12.4. The Morgan fingerprint density at radius 2 is 2.26 bits per heavy atom. The van der Waals surface area contributed by atoms with E-state index in [1.807, 2.05) is 14.0 Å². The summed E-state index contributed by atoms with van der Waals surface area (Å²) in [5.74, 6) is 1.50. The first kappa shape index (κ1) is 14.4. The van der Waals surface area contributed by atoms with Gasteiger partial charge in [-0.25, -0.2) is 0 Å². The minimum Gasteiger partial charge on any atom is -0.494 e. The van der Waals surface area contributed by atoms with Crippen molar-refractivity contribution in [1.29, 1.82) is 0 Å². The number of benzene rings is 1. The summed E-state index contributed by atoms with van der Waals surface area (Å²) in [5, 5.41) is 3.46. The van der Waals surface area contributed by atoms with Crippen LogP contribution >= 0.6 is 0 Å². The lowest BCUT2D eigenvalue weighted by Gasteiger charge is -2.27. The molecule has 1 saturated heterocycles. The minimum absolute atomic E-state index is 0.291. The summed E-state index contributed by atoms with van der Waals surface area (Å²) in [7, 11) is 2.02. The summed E-state index contributed by atoms with van der Waals surface area (Å²) in [6.45, 7) is 7.88. The lowest BCUT2D eigenvalue weighted by atomic mass is 9.87. The van der Waals surface area contributed by atoms with Gasteiger partial charge in [0.2, 0.25) is 0 Å². The summed E-state index contributed by atoms with van der Waals surface area (Å²) < 4.78 is 11.5. The van der Waals surface area contributed by atoms with E-state index in [4.69, 9.17) is 9.47 Å². The SMILES string of the molecule is CCOc1ccc(C)cc1C(NC)C1CCOC1C. The number of aryl methyl sites for hydroxylation is 1. The van der Waals surface area contributed by atoms with E-state index in [0.29, 0.717) is 24.7 Å². The average molecular weight is 263 g/mol. The van der Waals surface area contributed by atoms with Gasteiger partial charge in [-0.1, -0.05) is 17.7 Å². The molecule has 1 aliphatic heterocycles. The molecule has 1 aromatic carbocycles. The maximum atomic E-state index is 5.79. The van der Waals surface area contributed by atoms with Crippen LogP contribution in [-0.4, -0.2) is 26.4 Å². The molecule has 0 aliphatic carbocycles. The molecule has 106 valence electrons. The van der Waals surface area contributed by atoms with E-state index in [2.05, 4.69) is 37.4 Å². The van der Waals surface area contributed by atoms with Crippen molar-refractivity contribution in [1.82, 2.24) is 5.32 Å². The molecule has 1 aliphatic rings. The maximum absolute atomic E-state index is 5.79. The fourth-order valence-electron chi connectivity index (χ4n) is 2.98. The molecule has 0 radical (unpaired) electrons. The summed E-state index contributed by atoms with van der Waals surface area (Å²) in [6, 6.07) is 6.71. The van der Waals surface area contributed by atoms with Crippen molar-refractivity contribution in [3.63, 3.8) is 0 Å². The van der Waals surface area contributed by atoms with Gasteiger partial charge in [-0.2, -0.15) is 0 Å². The van der Waals surface area contributed by atoms with Crippen LogP contribution in [0.1, 0.15) is 37.4 Å². The fourth-order valence-corrected chi connectivity index (χ4v) is 2.98. The van der Waals surface area contributed by atoms with Gasteiger partial charge < -0.3 is 14.8 Å². The molecule has 1 fully saturated rings. The highest BCUT2D eigenvalue weighted by Gasteiger charge is 2.33. The molecule has 3 unspecified atom stereocenters. The quantitative estimate of drug-likeness (QED) is 0.885. The normalized spacial score (nSPS) is 24.4. The first-order valence-corrected chi connectivity index (χ1v) is 7.19. The van der Waals surface area contributed by atoms with Gasteiger partial charge in [0, 0.05) is 24.1 Å². The zero-order valence-corrected chi connectivity index (χ0v) is 12.4. The van der Waals surface area contributed by atoms with E-state index in [1.54, 1.807) is 0 Å². The average Bonchev–Trinajstić information content (AvgIpc) is 2.80. The van der Waals surface area contributed by atoms with Crippen LogP contribution in [0, 0.1) is 12.8 Å². The topological polar surface area (TPSA) is 30.5 Å². The Labute approximate surface area is 116 Å². The molecule has 0 spiro atoms. The number of ether oxygens (including phenoxy) is 2. The van der Waals surface area contributed by atoms with Gasteiger partial charge in [0.25, 0.3) is 0 Å². The second-order valence-electron chi connectivity index (χ2n) is 5.27. The highest BCUT2D eigenvalue weighted by Crippen LogP contribution is 2.37. The van der Waals surface area contributed by atoms with Gasteiger partial charge in [0.05, 0.1) is 12.7 Å². The molecule has 0 aromatic heterocycles. The highest BCUT2D eigenvalue weighted by molar-refractivity contribution is 5.39. The van der Waals surface area contributed by atoms with Gasteiger partial charge in [0.15, 0.2) is 0 Å². The number of rotatable bonds is 5. The third-order valence-electron chi connectivity index (χ3n) is 3.97. The lowest BCUT2D eigenvalue weighted by Crippen LogP contribution is -2.30. The zero-order chi connectivity index (χ0) is 13.8. The molecule has 0 bridgehead atoms. The molecule has 2 rings (SSSR count). The van der Waals surface area contributed by atoms with Crippen LogP contribution in [0.5, 0.6) is 5.75 Å². The number of hydrogen-bond donors (Lipinski definition) is 1. The van der Waals surface area contributed by atoms with E-state index >= 15 is 0 Å². The molecule has 19 heavy (non-hydrogen) atoms. The Kier molecular flexibility index (Phi) is 4.83. The number of nitrogens with one attached hydrogen (secondary N) is 1. The van der Waals surface area contributed by atoms with Crippen molar-refractivity contribution in [2.24, 2.45) is 5.92 Å². The molecule has 1 aromatic rings. The molecular formula is C16H25NO2. The molecule has 0 saturated carbocycles. The molecule has 3 heteroatoms. The molecular weight excluding hydrogens is 238 g/mol. The predicted octanol–water partition coefficient (Wildman–Crippen LogP) is 3.08. The minimum atomic E-state index is 0.291. The van der Waals surface area contributed by atoms with Crippen LogP contribution < -0.4 is 10.1 Å². The van der Waals surface area contributed by atoms with Gasteiger partial charge in [-0.05, 0) is 40.3 Å². The Balaban J connectivity index is 2.33. The van der Waals surface area contributed by atoms with Crippen LogP contribution in [0.4, 0.5) is 0 Å². The Morgan fingerprint density at radius 3 is 2.84 bits per heavy atom. The standard InChI is InChI=1S/C16H25NO2/c1-5-18-15-7-6-11(2)10-14(15)16(17-4)13-8-9-19-12(13)3/h6-7,10,12-13,16-17H,5,8-9H2,1-4H3. The predicted molar refractivity (Wildman–Crippen MR) is 77.7 cm³/mol. The van der Waals surface area contributed by atoms with Crippen molar-refractivity contribution in [3.05, 3.63) is 29.3 Å². The van der Waals surface area contributed by atoms with E-state index in [-0.39, 0.29) is 0 Å². The van der Waals surface area contributed by atoms with Gasteiger partial charge >= 0.3 is 0 Å². The molecule has 3 nitrogen and oxygen atoms in total. The smallest absolute Gasteiger partial charge is 0.124 e. The van der Waals surface area contributed by atoms with Crippen molar-refractivity contribution in [3.8, 4) is 5.75 Å². The monoisotopic (exact) mass is 263 g/mol. The third-order valence-corrected chi connectivity index (χ3v) is 3.97. The van der Waals surface area contributed by atoms with Gasteiger partial charge in [0.1, 0.15) is 5.75 Å². The summed E-state index contributed by atoms with van der Waals surface area (Å²) in [5.41, 5.74) is 2.52. The molecule has 0 amide bonds. The van der Waals surface area contributed by atoms with Crippen LogP contribution in [0.2, 0.25) is 0 Å². The van der Waals surface area contributed by atoms with E-state index < -0.39 is 0 Å². The van der Waals surface area contributed by atoms with Crippen molar-refractivity contribution in [2.75, 3.05) is 20.3 Å². The van der Waals surface area contributed by atoms with Gasteiger partial charge in [-0.15, -0.1) is 0 Å². The van der Waals surface area contributed by atoms with E-state index in [0.717, 1.165) is 18.8 Å². The highest BCUT2D eigenvalue weighted by atomic mass is 16.5. The first-order valence-electron chi connectivity index (χ1n) is 7.19. The summed E-state index contributed by atoms with van der Waals surface area (Å²) in [6.07, 6.45) is 1.40. The van der Waals surface area contributed by atoms with Crippen molar-refractivity contribution >= 4 is 0 Å². The second kappa shape index (κ2) is 6.40. The lowest BCUT2D eigenvalue weighted by molar-refractivity contribution is 0.0959. The van der Waals surface area contributed by atoms with Crippen molar-refractivity contribution < 1.29 is 9.47 Å². The fraction of sp³-hybridized carbons (Fsp3) is 0.625. The van der Waals surface area contributed by atoms with E-state index in [1.165, 1.54) is 11.1 Å². The van der Waals surface area contributed by atoms with E-state index in [9.17, 15) is 0 Å². The second-order valence-corrected chi connectivity index (χ2v) is 5.27.